The number of rotatable bonds is 6. The lowest BCUT2D eigenvalue weighted by Gasteiger charge is -2.26. The SMILES string of the molecule is CCCCN(c1ccccc1)c1ccc([C@H](C)N)cc1F. The van der Waals surface area contributed by atoms with Gasteiger partial charge in [0, 0.05) is 18.3 Å². The summed E-state index contributed by atoms with van der Waals surface area (Å²) in [6.07, 6.45) is 2.09. The largest absolute Gasteiger partial charge is 0.339 e. The number of anilines is 2. The van der Waals surface area contributed by atoms with Crippen LogP contribution in [0.1, 0.15) is 38.3 Å². The van der Waals surface area contributed by atoms with Gasteiger partial charge in [-0.25, -0.2) is 4.39 Å². The fourth-order valence-electron chi connectivity index (χ4n) is 2.34. The zero-order chi connectivity index (χ0) is 15.2. The lowest BCUT2D eigenvalue weighted by molar-refractivity contribution is 0.617. The molecule has 0 bridgehead atoms. The minimum absolute atomic E-state index is 0.158. The Bertz CT molecular complexity index is 567. The van der Waals surface area contributed by atoms with Crippen molar-refractivity contribution in [3.63, 3.8) is 0 Å². The smallest absolute Gasteiger partial charge is 0.147 e. The Morgan fingerprint density at radius 3 is 2.43 bits per heavy atom. The predicted octanol–water partition coefficient (Wildman–Crippen LogP) is 4.78. The second-order valence-electron chi connectivity index (χ2n) is 5.34. The van der Waals surface area contributed by atoms with Crippen molar-refractivity contribution in [3.8, 4) is 0 Å². The molecule has 0 aliphatic carbocycles. The zero-order valence-corrected chi connectivity index (χ0v) is 12.7. The van der Waals surface area contributed by atoms with Gasteiger partial charge in [0.1, 0.15) is 5.82 Å². The van der Waals surface area contributed by atoms with Crippen molar-refractivity contribution in [2.75, 3.05) is 11.4 Å². The Labute approximate surface area is 126 Å². The van der Waals surface area contributed by atoms with Crippen molar-refractivity contribution in [3.05, 3.63) is 59.9 Å². The maximum Gasteiger partial charge on any atom is 0.147 e. The highest BCUT2D eigenvalue weighted by Gasteiger charge is 2.14. The summed E-state index contributed by atoms with van der Waals surface area (Å²) >= 11 is 0. The summed E-state index contributed by atoms with van der Waals surface area (Å²) in [4.78, 5) is 2.03. The molecule has 0 spiro atoms. The molecule has 2 nitrogen and oxygen atoms in total. The zero-order valence-electron chi connectivity index (χ0n) is 12.7. The summed E-state index contributed by atoms with van der Waals surface area (Å²) in [5.41, 5.74) is 8.26. The van der Waals surface area contributed by atoms with E-state index < -0.39 is 0 Å². The summed E-state index contributed by atoms with van der Waals surface area (Å²) < 4.78 is 14.5. The molecule has 2 rings (SSSR count). The molecular weight excluding hydrogens is 263 g/mol. The first kappa shape index (κ1) is 15.5. The van der Waals surface area contributed by atoms with E-state index in [1.807, 2.05) is 54.3 Å². The van der Waals surface area contributed by atoms with Gasteiger partial charge in [-0.1, -0.05) is 37.6 Å². The molecule has 0 saturated heterocycles. The van der Waals surface area contributed by atoms with E-state index in [4.69, 9.17) is 5.73 Å². The number of nitrogens with zero attached hydrogens (tertiary/aromatic N) is 1. The second kappa shape index (κ2) is 7.23. The van der Waals surface area contributed by atoms with E-state index in [9.17, 15) is 4.39 Å². The minimum Gasteiger partial charge on any atom is -0.339 e. The standard InChI is InChI=1S/C18H23FN2/c1-3-4-12-21(16-8-6-5-7-9-16)18-11-10-15(14(2)20)13-17(18)19/h5-11,13-14H,3-4,12,20H2,1-2H3/t14-/m0/s1. The maximum absolute atomic E-state index is 14.5. The summed E-state index contributed by atoms with van der Waals surface area (Å²) in [5.74, 6) is -0.218. The maximum atomic E-state index is 14.5. The average Bonchev–Trinajstić information content (AvgIpc) is 2.50. The Balaban J connectivity index is 2.37. The van der Waals surface area contributed by atoms with Crippen LogP contribution in [0.3, 0.4) is 0 Å². The van der Waals surface area contributed by atoms with Crippen molar-refractivity contribution in [2.45, 2.75) is 32.7 Å². The monoisotopic (exact) mass is 286 g/mol. The van der Waals surface area contributed by atoms with Crippen LogP contribution < -0.4 is 10.6 Å². The number of hydrogen-bond donors (Lipinski definition) is 1. The molecule has 2 N–H and O–H groups in total. The van der Waals surface area contributed by atoms with Crippen LogP contribution in [0.15, 0.2) is 48.5 Å². The number of unbranched alkanes of at least 4 members (excludes halogenated alkanes) is 1. The Morgan fingerprint density at radius 1 is 1.14 bits per heavy atom. The normalized spacial score (nSPS) is 12.2. The minimum atomic E-state index is -0.218. The Morgan fingerprint density at radius 2 is 1.86 bits per heavy atom. The van der Waals surface area contributed by atoms with Gasteiger partial charge < -0.3 is 10.6 Å². The molecule has 0 unspecified atom stereocenters. The molecule has 2 aromatic carbocycles. The molecule has 21 heavy (non-hydrogen) atoms. The van der Waals surface area contributed by atoms with E-state index >= 15 is 0 Å². The molecule has 1 atom stereocenters. The van der Waals surface area contributed by atoms with Gasteiger partial charge in [0.2, 0.25) is 0 Å². The van der Waals surface area contributed by atoms with Crippen LogP contribution in [0.25, 0.3) is 0 Å². The fraction of sp³-hybridized carbons (Fsp3) is 0.333. The molecule has 0 aliphatic heterocycles. The van der Waals surface area contributed by atoms with E-state index in [2.05, 4.69) is 6.92 Å². The third kappa shape index (κ3) is 3.82. The molecule has 2 aromatic rings. The van der Waals surface area contributed by atoms with Crippen LogP contribution in [0.4, 0.5) is 15.8 Å². The van der Waals surface area contributed by atoms with Gasteiger partial charge in [0.25, 0.3) is 0 Å². The van der Waals surface area contributed by atoms with Crippen molar-refractivity contribution < 1.29 is 4.39 Å². The highest BCUT2D eigenvalue weighted by molar-refractivity contribution is 5.64. The lowest BCUT2D eigenvalue weighted by atomic mass is 10.1. The van der Waals surface area contributed by atoms with E-state index in [1.165, 1.54) is 0 Å². The summed E-state index contributed by atoms with van der Waals surface area (Å²) in [7, 11) is 0. The number of halogens is 1. The lowest BCUT2D eigenvalue weighted by Crippen LogP contribution is -2.20. The Kier molecular flexibility index (Phi) is 5.34. The number of nitrogens with two attached hydrogens (primary N) is 1. The molecule has 0 aromatic heterocycles. The van der Waals surface area contributed by atoms with E-state index in [-0.39, 0.29) is 11.9 Å². The van der Waals surface area contributed by atoms with Gasteiger partial charge >= 0.3 is 0 Å². The first-order valence-electron chi connectivity index (χ1n) is 7.51. The van der Waals surface area contributed by atoms with Crippen LogP contribution in [0.5, 0.6) is 0 Å². The summed E-state index contributed by atoms with van der Waals surface area (Å²) in [5, 5.41) is 0. The van der Waals surface area contributed by atoms with Gasteiger partial charge in [-0.3, -0.25) is 0 Å². The summed E-state index contributed by atoms with van der Waals surface area (Å²) in [6, 6.07) is 15.1. The molecule has 0 radical (unpaired) electrons. The predicted molar refractivity (Wildman–Crippen MR) is 87.4 cm³/mol. The topological polar surface area (TPSA) is 29.3 Å². The van der Waals surface area contributed by atoms with Crippen LogP contribution in [-0.2, 0) is 0 Å². The first-order chi connectivity index (χ1) is 10.1. The van der Waals surface area contributed by atoms with Crippen LogP contribution >= 0.6 is 0 Å². The molecule has 3 heteroatoms. The number of hydrogen-bond acceptors (Lipinski definition) is 2. The van der Waals surface area contributed by atoms with Crippen molar-refractivity contribution in [2.24, 2.45) is 5.73 Å². The summed E-state index contributed by atoms with van der Waals surface area (Å²) in [6.45, 7) is 4.80. The van der Waals surface area contributed by atoms with Crippen molar-refractivity contribution >= 4 is 11.4 Å². The molecule has 0 fully saturated rings. The van der Waals surface area contributed by atoms with Crippen molar-refractivity contribution in [1.82, 2.24) is 0 Å². The van der Waals surface area contributed by atoms with Crippen LogP contribution in [0, 0.1) is 5.82 Å². The fourth-order valence-corrected chi connectivity index (χ4v) is 2.34. The van der Waals surface area contributed by atoms with Gasteiger partial charge in [-0.15, -0.1) is 0 Å². The highest BCUT2D eigenvalue weighted by Crippen LogP contribution is 2.29. The Hall–Kier alpha value is -1.87. The quantitative estimate of drug-likeness (QED) is 0.827. The van der Waals surface area contributed by atoms with E-state index in [1.54, 1.807) is 6.07 Å². The van der Waals surface area contributed by atoms with Crippen LogP contribution in [0.2, 0.25) is 0 Å². The van der Waals surface area contributed by atoms with Gasteiger partial charge in [-0.05, 0) is 43.2 Å². The molecule has 112 valence electrons. The number of benzene rings is 2. The highest BCUT2D eigenvalue weighted by atomic mass is 19.1. The second-order valence-corrected chi connectivity index (χ2v) is 5.34. The van der Waals surface area contributed by atoms with Gasteiger partial charge in [0.15, 0.2) is 0 Å². The molecular formula is C18H23FN2. The van der Waals surface area contributed by atoms with E-state index in [0.29, 0.717) is 5.69 Å². The van der Waals surface area contributed by atoms with Crippen LogP contribution in [-0.4, -0.2) is 6.54 Å². The molecule has 0 aliphatic rings. The third-order valence-electron chi connectivity index (χ3n) is 3.59. The van der Waals surface area contributed by atoms with Gasteiger partial charge in [0.05, 0.1) is 5.69 Å². The average molecular weight is 286 g/mol. The van der Waals surface area contributed by atoms with Crippen molar-refractivity contribution in [1.29, 1.82) is 0 Å². The molecule has 0 heterocycles. The number of para-hydroxylation sites is 1. The molecule has 0 amide bonds. The van der Waals surface area contributed by atoms with E-state index in [0.717, 1.165) is 30.6 Å². The first-order valence-corrected chi connectivity index (χ1v) is 7.51. The molecule has 0 saturated carbocycles. The van der Waals surface area contributed by atoms with Gasteiger partial charge in [-0.2, -0.15) is 0 Å². The third-order valence-corrected chi connectivity index (χ3v) is 3.59.